The molecule has 0 unspecified atom stereocenters. The van der Waals surface area contributed by atoms with Gasteiger partial charge in [0.05, 0.1) is 12.1 Å². The van der Waals surface area contributed by atoms with Crippen molar-refractivity contribution in [1.29, 1.82) is 0 Å². The SMILES string of the molecule is CC(=O)c1cc(C(F)(F)F)c2nc(C(=O)N3CCC(N4CCOC4=O)CC3)c(Cl)n2c1. The summed E-state index contributed by atoms with van der Waals surface area (Å²) in [4.78, 5) is 43.3. The molecule has 12 heteroatoms. The average molecular weight is 459 g/mol. The number of rotatable bonds is 3. The van der Waals surface area contributed by atoms with Crippen LogP contribution in [-0.4, -0.2) is 69.3 Å². The van der Waals surface area contributed by atoms with Crippen LogP contribution in [0.2, 0.25) is 5.15 Å². The number of alkyl halides is 3. The molecule has 2 aliphatic heterocycles. The maximum absolute atomic E-state index is 13.5. The third-order valence-corrected chi connectivity index (χ3v) is 5.92. The van der Waals surface area contributed by atoms with E-state index in [1.54, 1.807) is 4.90 Å². The molecule has 0 atom stereocenters. The largest absolute Gasteiger partial charge is 0.448 e. The summed E-state index contributed by atoms with van der Waals surface area (Å²) >= 11 is 6.23. The second-order valence-electron chi connectivity index (χ2n) is 7.47. The van der Waals surface area contributed by atoms with Gasteiger partial charge in [-0.25, -0.2) is 9.78 Å². The van der Waals surface area contributed by atoms with Crippen molar-refractivity contribution in [3.05, 3.63) is 34.2 Å². The molecule has 2 aliphatic rings. The number of nitrogens with zero attached hydrogens (tertiary/aromatic N) is 4. The number of imidazole rings is 1. The van der Waals surface area contributed by atoms with Crippen LogP contribution in [0.4, 0.5) is 18.0 Å². The number of hydrogen-bond donors (Lipinski definition) is 0. The zero-order chi connectivity index (χ0) is 22.5. The summed E-state index contributed by atoms with van der Waals surface area (Å²) in [6.45, 7) is 2.55. The second-order valence-corrected chi connectivity index (χ2v) is 7.83. The Balaban J connectivity index is 1.62. The van der Waals surface area contributed by atoms with Gasteiger partial charge in [0.1, 0.15) is 11.8 Å². The first-order valence-corrected chi connectivity index (χ1v) is 9.98. The predicted octanol–water partition coefficient (Wildman–Crippen LogP) is 3.27. The molecule has 2 saturated heterocycles. The molecule has 0 radical (unpaired) electrons. The Morgan fingerprint density at radius 1 is 1.23 bits per heavy atom. The minimum absolute atomic E-state index is 0.0643. The van der Waals surface area contributed by atoms with Crippen LogP contribution in [-0.2, 0) is 10.9 Å². The van der Waals surface area contributed by atoms with Gasteiger partial charge in [-0.2, -0.15) is 13.2 Å². The van der Waals surface area contributed by atoms with Crippen LogP contribution in [0, 0.1) is 0 Å². The van der Waals surface area contributed by atoms with Crippen molar-refractivity contribution in [1.82, 2.24) is 19.2 Å². The zero-order valence-electron chi connectivity index (χ0n) is 16.4. The summed E-state index contributed by atoms with van der Waals surface area (Å²) in [6, 6.07) is 0.640. The van der Waals surface area contributed by atoms with Gasteiger partial charge in [-0.15, -0.1) is 0 Å². The van der Waals surface area contributed by atoms with Gasteiger partial charge in [-0.1, -0.05) is 11.6 Å². The highest BCUT2D eigenvalue weighted by molar-refractivity contribution is 6.33. The Morgan fingerprint density at radius 2 is 1.90 bits per heavy atom. The Hall–Kier alpha value is -2.82. The van der Waals surface area contributed by atoms with Crippen LogP contribution in [0.3, 0.4) is 0 Å². The minimum Gasteiger partial charge on any atom is -0.448 e. The molecule has 0 saturated carbocycles. The summed E-state index contributed by atoms with van der Waals surface area (Å²) in [6.07, 6.45) is -3.01. The van der Waals surface area contributed by atoms with Crippen molar-refractivity contribution in [3.8, 4) is 0 Å². The van der Waals surface area contributed by atoms with E-state index in [2.05, 4.69) is 4.98 Å². The molecule has 2 aromatic heterocycles. The van der Waals surface area contributed by atoms with Crippen molar-refractivity contribution in [2.45, 2.75) is 32.0 Å². The molecule has 166 valence electrons. The Morgan fingerprint density at radius 3 is 2.45 bits per heavy atom. The zero-order valence-corrected chi connectivity index (χ0v) is 17.2. The van der Waals surface area contributed by atoms with Gasteiger partial charge in [-0.3, -0.25) is 14.0 Å². The second kappa shape index (κ2) is 7.70. The number of likely N-dealkylation sites (tertiary alicyclic amines) is 1. The summed E-state index contributed by atoms with van der Waals surface area (Å²) in [7, 11) is 0. The van der Waals surface area contributed by atoms with Crippen molar-refractivity contribution < 1.29 is 32.3 Å². The molecule has 31 heavy (non-hydrogen) atoms. The fourth-order valence-electron chi connectivity index (χ4n) is 3.92. The molecule has 0 N–H and O–H groups in total. The van der Waals surface area contributed by atoms with Crippen LogP contribution in [0.5, 0.6) is 0 Å². The summed E-state index contributed by atoms with van der Waals surface area (Å²) < 4.78 is 46.5. The fraction of sp³-hybridized carbons (Fsp3) is 0.474. The third-order valence-electron chi connectivity index (χ3n) is 5.56. The Labute approximate surface area is 179 Å². The molecule has 2 amide bonds. The van der Waals surface area contributed by atoms with E-state index in [1.807, 2.05) is 0 Å². The van der Waals surface area contributed by atoms with Gasteiger partial charge in [0.2, 0.25) is 0 Å². The number of Topliss-reactive ketones (excluding diaryl/α,β-unsaturated/α-hetero) is 1. The highest BCUT2D eigenvalue weighted by Crippen LogP contribution is 2.35. The third kappa shape index (κ3) is 3.82. The van der Waals surface area contributed by atoms with Crippen LogP contribution < -0.4 is 0 Å². The number of amides is 2. The number of fused-ring (bicyclic) bond motifs is 1. The fourth-order valence-corrected chi connectivity index (χ4v) is 4.17. The van der Waals surface area contributed by atoms with E-state index in [0.717, 1.165) is 17.5 Å². The highest BCUT2D eigenvalue weighted by atomic mass is 35.5. The highest BCUT2D eigenvalue weighted by Gasteiger charge is 2.38. The molecule has 0 spiro atoms. The monoisotopic (exact) mass is 458 g/mol. The molecular weight excluding hydrogens is 441 g/mol. The molecule has 0 aromatic carbocycles. The Bertz CT molecular complexity index is 1080. The van der Waals surface area contributed by atoms with E-state index in [1.165, 1.54) is 4.90 Å². The van der Waals surface area contributed by atoms with E-state index in [0.29, 0.717) is 45.1 Å². The summed E-state index contributed by atoms with van der Waals surface area (Å²) in [5.41, 5.74) is -2.20. The van der Waals surface area contributed by atoms with Crippen LogP contribution >= 0.6 is 11.6 Å². The Kier molecular flexibility index (Phi) is 5.32. The number of piperidine rings is 1. The van der Waals surface area contributed by atoms with Crippen molar-refractivity contribution >= 4 is 35.0 Å². The molecule has 2 fully saturated rings. The standard InChI is InChI=1S/C19H18ClF3N4O4/c1-10(28)11-8-13(19(21,22)23)16-24-14(15(20)27(16)9-11)17(29)25-4-2-12(3-5-25)26-6-7-31-18(26)30/h8-9,12H,2-7H2,1H3. The van der Waals surface area contributed by atoms with Gasteiger partial charge < -0.3 is 14.5 Å². The number of aromatic nitrogens is 2. The molecule has 0 aliphatic carbocycles. The first-order valence-electron chi connectivity index (χ1n) is 9.60. The minimum atomic E-state index is -4.79. The lowest BCUT2D eigenvalue weighted by atomic mass is 10.0. The number of hydrogen-bond acceptors (Lipinski definition) is 5. The maximum atomic E-state index is 13.5. The first kappa shape index (κ1) is 21.4. The molecule has 4 heterocycles. The lowest BCUT2D eigenvalue weighted by Gasteiger charge is -2.35. The lowest BCUT2D eigenvalue weighted by Crippen LogP contribution is -2.47. The number of carbonyl (C=O) groups is 3. The lowest BCUT2D eigenvalue weighted by molar-refractivity contribution is -0.136. The smallest absolute Gasteiger partial charge is 0.420 e. The molecule has 2 aromatic rings. The van der Waals surface area contributed by atoms with Crippen LogP contribution in [0.15, 0.2) is 12.3 Å². The van der Waals surface area contributed by atoms with Crippen molar-refractivity contribution in [2.24, 2.45) is 0 Å². The summed E-state index contributed by atoms with van der Waals surface area (Å²) in [5.74, 6) is -1.18. The molecule has 8 nitrogen and oxygen atoms in total. The number of ether oxygens (including phenoxy) is 1. The van der Waals surface area contributed by atoms with Gasteiger partial charge in [0, 0.05) is 30.9 Å². The number of carbonyl (C=O) groups excluding carboxylic acids is 3. The van der Waals surface area contributed by atoms with Crippen molar-refractivity contribution in [2.75, 3.05) is 26.2 Å². The van der Waals surface area contributed by atoms with Crippen molar-refractivity contribution in [3.63, 3.8) is 0 Å². The van der Waals surface area contributed by atoms with E-state index < -0.39 is 29.1 Å². The van der Waals surface area contributed by atoms with Crippen LogP contribution in [0.1, 0.15) is 46.2 Å². The number of ketones is 1. The normalized spacial score (nSPS) is 18.0. The number of pyridine rings is 1. The first-order chi connectivity index (χ1) is 14.6. The van der Waals surface area contributed by atoms with Gasteiger partial charge in [0.15, 0.2) is 17.1 Å². The topological polar surface area (TPSA) is 84.2 Å². The molecule has 4 rings (SSSR count). The van der Waals surface area contributed by atoms with Gasteiger partial charge in [0.25, 0.3) is 5.91 Å². The summed E-state index contributed by atoms with van der Waals surface area (Å²) in [5, 5.41) is -0.293. The molecule has 0 bridgehead atoms. The molecular formula is C19H18ClF3N4O4. The quantitative estimate of drug-likeness (QED) is 0.659. The van der Waals surface area contributed by atoms with E-state index in [-0.39, 0.29) is 28.5 Å². The number of cyclic esters (lactones) is 1. The number of halogens is 4. The average Bonchev–Trinajstić information content (AvgIpc) is 3.29. The van der Waals surface area contributed by atoms with E-state index in [4.69, 9.17) is 16.3 Å². The van der Waals surface area contributed by atoms with E-state index >= 15 is 0 Å². The maximum Gasteiger partial charge on any atom is 0.420 e. The van der Waals surface area contributed by atoms with E-state index in [9.17, 15) is 27.6 Å². The van der Waals surface area contributed by atoms with Gasteiger partial charge >= 0.3 is 12.3 Å². The predicted molar refractivity (Wildman–Crippen MR) is 102 cm³/mol. The van der Waals surface area contributed by atoms with Crippen LogP contribution in [0.25, 0.3) is 5.65 Å². The van der Waals surface area contributed by atoms with Gasteiger partial charge in [-0.05, 0) is 25.8 Å².